The molecular weight excluding hydrogens is 547 g/mol. The van der Waals surface area contributed by atoms with Crippen molar-refractivity contribution in [3.05, 3.63) is 78.7 Å². The lowest BCUT2D eigenvalue weighted by Gasteiger charge is -2.32. The maximum Gasteiger partial charge on any atom is 0.261 e. The summed E-state index contributed by atoms with van der Waals surface area (Å²) in [5.74, 6) is 0.663. The number of benzene rings is 3. The molecule has 0 atom stereocenters. The molecule has 9 nitrogen and oxygen atoms in total. The van der Waals surface area contributed by atoms with Crippen molar-refractivity contribution in [1.29, 1.82) is 0 Å². The van der Waals surface area contributed by atoms with Gasteiger partial charge in [0.25, 0.3) is 10.0 Å². The van der Waals surface area contributed by atoms with Crippen molar-refractivity contribution in [1.82, 2.24) is 14.8 Å². The summed E-state index contributed by atoms with van der Waals surface area (Å²) < 4.78 is 60.1. The molecule has 0 radical (unpaired) electrons. The molecule has 41 heavy (non-hydrogen) atoms. The van der Waals surface area contributed by atoms with Crippen molar-refractivity contribution in [3.8, 4) is 23.0 Å². The van der Waals surface area contributed by atoms with Crippen molar-refractivity contribution in [2.24, 2.45) is 0 Å². The van der Waals surface area contributed by atoms with Crippen molar-refractivity contribution in [2.75, 3.05) is 58.2 Å². The van der Waals surface area contributed by atoms with Gasteiger partial charge in [0.2, 0.25) is 0 Å². The number of hydrogen-bond donors (Lipinski definition) is 1. The van der Waals surface area contributed by atoms with Gasteiger partial charge in [0.05, 0.1) is 29.8 Å². The SMILES string of the molecule is COc1cc2c(Oc3ccc(NS(=O)(=O)c4ccccc4)cc3F)ccnc2cc1OCCCN1CCN(C)CC1. The minimum absolute atomic E-state index is 0.0663. The molecule has 1 aliphatic rings. The van der Waals surface area contributed by atoms with Crippen LogP contribution in [0.3, 0.4) is 0 Å². The fourth-order valence-electron chi connectivity index (χ4n) is 4.61. The second-order valence-electron chi connectivity index (χ2n) is 9.84. The predicted octanol–water partition coefficient (Wildman–Crippen LogP) is 4.99. The molecule has 1 aliphatic heterocycles. The average Bonchev–Trinajstić information content (AvgIpc) is 2.97. The number of fused-ring (bicyclic) bond motifs is 1. The van der Waals surface area contributed by atoms with E-state index >= 15 is 4.39 Å². The standard InChI is InChI=1S/C30H33FN4O5S/c1-34-14-16-35(17-15-34)13-6-18-39-30-21-26-24(20-29(30)38-2)27(11-12-32-26)40-28-10-9-22(19-25(28)31)33-41(36,37)23-7-4-3-5-8-23/h3-5,7-12,19-21,33H,6,13-18H2,1-2H3. The number of ether oxygens (including phenoxy) is 3. The van der Waals surface area contributed by atoms with Gasteiger partial charge in [0.1, 0.15) is 5.75 Å². The Morgan fingerprint density at radius 2 is 1.71 bits per heavy atom. The normalized spacial score (nSPS) is 14.6. The van der Waals surface area contributed by atoms with Crippen LogP contribution in [0.1, 0.15) is 6.42 Å². The number of sulfonamides is 1. The topological polar surface area (TPSA) is 93.2 Å². The van der Waals surface area contributed by atoms with E-state index < -0.39 is 15.8 Å². The predicted molar refractivity (Wildman–Crippen MR) is 156 cm³/mol. The van der Waals surface area contributed by atoms with E-state index in [9.17, 15) is 8.42 Å². The largest absolute Gasteiger partial charge is 0.493 e. The number of nitrogens with zero attached hydrogens (tertiary/aromatic N) is 3. The van der Waals surface area contributed by atoms with Crippen molar-refractivity contribution < 1.29 is 27.0 Å². The summed E-state index contributed by atoms with van der Waals surface area (Å²) in [4.78, 5) is 9.29. The number of nitrogens with one attached hydrogen (secondary N) is 1. The molecule has 3 aromatic carbocycles. The van der Waals surface area contributed by atoms with Gasteiger partial charge >= 0.3 is 0 Å². The van der Waals surface area contributed by atoms with E-state index in [1.165, 1.54) is 24.3 Å². The van der Waals surface area contributed by atoms with Gasteiger partial charge in [-0.15, -0.1) is 0 Å². The summed E-state index contributed by atoms with van der Waals surface area (Å²) in [6, 6.07) is 16.9. The van der Waals surface area contributed by atoms with Gasteiger partial charge in [-0.3, -0.25) is 9.71 Å². The first-order valence-corrected chi connectivity index (χ1v) is 14.9. The molecular formula is C30H33FN4O5S. The summed E-state index contributed by atoms with van der Waals surface area (Å²) in [7, 11) is -0.153. The molecule has 0 unspecified atom stereocenters. The third kappa shape index (κ3) is 7.05. The number of halogens is 1. The van der Waals surface area contributed by atoms with Gasteiger partial charge in [0, 0.05) is 56.4 Å². The van der Waals surface area contributed by atoms with E-state index in [0.29, 0.717) is 34.8 Å². The molecule has 0 aliphatic carbocycles. The number of methoxy groups -OCH3 is 1. The van der Waals surface area contributed by atoms with Crippen LogP contribution >= 0.6 is 0 Å². The molecule has 2 heterocycles. The Labute approximate surface area is 239 Å². The maximum absolute atomic E-state index is 15.0. The summed E-state index contributed by atoms with van der Waals surface area (Å²) in [5.41, 5.74) is 0.680. The third-order valence-electron chi connectivity index (χ3n) is 6.92. The fourth-order valence-corrected chi connectivity index (χ4v) is 5.68. The number of aromatic nitrogens is 1. The lowest BCUT2D eigenvalue weighted by molar-refractivity contribution is 0.145. The second-order valence-corrected chi connectivity index (χ2v) is 11.5. The lowest BCUT2D eigenvalue weighted by atomic mass is 10.1. The van der Waals surface area contributed by atoms with Crippen molar-refractivity contribution in [2.45, 2.75) is 11.3 Å². The van der Waals surface area contributed by atoms with E-state index in [2.05, 4.69) is 26.6 Å². The summed E-state index contributed by atoms with van der Waals surface area (Å²) in [6.07, 6.45) is 2.46. The minimum Gasteiger partial charge on any atom is -0.493 e. The first kappa shape index (κ1) is 28.6. The highest BCUT2D eigenvalue weighted by atomic mass is 32.2. The van der Waals surface area contributed by atoms with Crippen LogP contribution in [-0.2, 0) is 10.0 Å². The minimum atomic E-state index is -3.85. The molecule has 5 rings (SSSR count). The quantitative estimate of drug-likeness (QED) is 0.248. The molecule has 1 aromatic heterocycles. The van der Waals surface area contributed by atoms with Gasteiger partial charge in [-0.25, -0.2) is 12.8 Å². The highest BCUT2D eigenvalue weighted by molar-refractivity contribution is 7.92. The summed E-state index contributed by atoms with van der Waals surface area (Å²) in [6.45, 7) is 5.80. The zero-order valence-corrected chi connectivity index (χ0v) is 23.9. The monoisotopic (exact) mass is 580 g/mol. The van der Waals surface area contributed by atoms with Crippen LogP contribution in [0.15, 0.2) is 77.8 Å². The molecule has 1 N–H and O–H groups in total. The van der Waals surface area contributed by atoms with Crippen LogP contribution < -0.4 is 18.9 Å². The number of hydrogen-bond acceptors (Lipinski definition) is 8. The summed E-state index contributed by atoms with van der Waals surface area (Å²) >= 11 is 0. The maximum atomic E-state index is 15.0. The summed E-state index contributed by atoms with van der Waals surface area (Å²) in [5, 5.41) is 0.613. The van der Waals surface area contributed by atoms with E-state index in [-0.39, 0.29) is 16.3 Å². The van der Waals surface area contributed by atoms with Gasteiger partial charge in [-0.2, -0.15) is 0 Å². The van der Waals surface area contributed by atoms with E-state index in [0.717, 1.165) is 45.2 Å². The molecule has 4 aromatic rings. The van der Waals surface area contributed by atoms with Gasteiger partial charge in [-0.1, -0.05) is 18.2 Å². The smallest absolute Gasteiger partial charge is 0.261 e. The molecule has 1 saturated heterocycles. The molecule has 0 bridgehead atoms. The van der Waals surface area contributed by atoms with Gasteiger partial charge in [0.15, 0.2) is 23.1 Å². The zero-order chi connectivity index (χ0) is 28.8. The molecule has 11 heteroatoms. The molecule has 0 amide bonds. The highest BCUT2D eigenvalue weighted by Gasteiger charge is 2.17. The van der Waals surface area contributed by atoms with Crippen molar-refractivity contribution in [3.63, 3.8) is 0 Å². The first-order chi connectivity index (χ1) is 19.8. The fraction of sp³-hybridized carbons (Fsp3) is 0.300. The first-order valence-electron chi connectivity index (χ1n) is 13.4. The van der Waals surface area contributed by atoms with Crippen LogP contribution in [0.2, 0.25) is 0 Å². The van der Waals surface area contributed by atoms with Gasteiger partial charge in [-0.05, 0) is 49.9 Å². The molecule has 0 saturated carbocycles. The molecule has 0 spiro atoms. The highest BCUT2D eigenvalue weighted by Crippen LogP contribution is 2.38. The Kier molecular flexibility index (Phi) is 8.87. The Bertz CT molecular complexity index is 1600. The Hall–Kier alpha value is -3.93. The van der Waals surface area contributed by atoms with Gasteiger partial charge < -0.3 is 24.0 Å². The van der Waals surface area contributed by atoms with E-state index in [1.807, 2.05) is 0 Å². The number of likely N-dealkylation sites (N-methyl/N-ethyl adjacent to an activating group) is 1. The third-order valence-corrected chi connectivity index (χ3v) is 8.31. The van der Waals surface area contributed by atoms with Crippen LogP contribution in [-0.4, -0.2) is 76.7 Å². The lowest BCUT2D eigenvalue weighted by Crippen LogP contribution is -2.44. The van der Waals surface area contributed by atoms with Crippen LogP contribution in [0.4, 0.5) is 10.1 Å². The number of pyridine rings is 1. The average molecular weight is 581 g/mol. The Morgan fingerprint density at radius 1 is 0.927 bits per heavy atom. The van der Waals surface area contributed by atoms with Crippen molar-refractivity contribution >= 4 is 26.6 Å². The number of piperazine rings is 1. The molecule has 1 fully saturated rings. The zero-order valence-electron chi connectivity index (χ0n) is 23.0. The second kappa shape index (κ2) is 12.7. The molecule has 216 valence electrons. The van der Waals surface area contributed by atoms with Crippen LogP contribution in [0.5, 0.6) is 23.0 Å². The van der Waals surface area contributed by atoms with E-state index in [1.54, 1.807) is 49.7 Å². The number of anilines is 1. The Morgan fingerprint density at radius 3 is 2.44 bits per heavy atom. The number of rotatable bonds is 11. The van der Waals surface area contributed by atoms with E-state index in [4.69, 9.17) is 14.2 Å². The van der Waals surface area contributed by atoms with Crippen LogP contribution in [0.25, 0.3) is 10.9 Å². The van der Waals surface area contributed by atoms with Crippen LogP contribution in [0, 0.1) is 5.82 Å². The Balaban J connectivity index is 1.27.